The first-order valence-electron chi connectivity index (χ1n) is 6.39. The van der Waals surface area contributed by atoms with E-state index in [-0.39, 0.29) is 0 Å². The molecular weight excluding hydrogens is 319 g/mol. The zero-order chi connectivity index (χ0) is 14.8. The largest absolute Gasteiger partial charge is 0.413 e. The Morgan fingerprint density at radius 1 is 0.895 bits per heavy atom. The van der Waals surface area contributed by atoms with Gasteiger partial charge < -0.3 is 13.0 Å². The number of rotatable bonds is 12. The normalized spacial score (nSPS) is 17.5. The molecule has 0 aromatic carbocycles. The molecular formula is C12H24Cl2O3Si2. The summed E-state index contributed by atoms with van der Waals surface area (Å²) >= 11 is 12.2. The fourth-order valence-corrected chi connectivity index (χ4v) is 10.7. The molecule has 0 aliphatic carbocycles. The first-order chi connectivity index (χ1) is 9.07. The SMILES string of the molecule is C=CC[Si](CCl)(OCC)O[Si](CCl)(CC=C)OCC. The Hall–Kier alpha value is 0.374. The average Bonchev–Trinajstić information content (AvgIpc) is 2.39. The van der Waals surface area contributed by atoms with Gasteiger partial charge in [-0.1, -0.05) is 12.2 Å². The van der Waals surface area contributed by atoms with E-state index < -0.39 is 17.1 Å². The Morgan fingerprint density at radius 2 is 1.26 bits per heavy atom. The second-order valence-electron chi connectivity index (χ2n) is 4.04. The zero-order valence-corrected chi connectivity index (χ0v) is 15.3. The van der Waals surface area contributed by atoms with Gasteiger partial charge in [-0.15, -0.1) is 36.4 Å². The van der Waals surface area contributed by atoms with Crippen LogP contribution in [0.2, 0.25) is 12.1 Å². The summed E-state index contributed by atoms with van der Waals surface area (Å²) in [5.74, 6) is 0. The maximum atomic E-state index is 6.31. The maximum absolute atomic E-state index is 6.31. The van der Waals surface area contributed by atoms with Gasteiger partial charge in [0.25, 0.3) is 0 Å². The lowest BCUT2D eigenvalue weighted by atomic mass is 10.8. The molecule has 0 aliphatic heterocycles. The van der Waals surface area contributed by atoms with Gasteiger partial charge >= 0.3 is 17.1 Å². The van der Waals surface area contributed by atoms with Gasteiger partial charge in [0, 0.05) is 25.3 Å². The molecule has 2 atom stereocenters. The highest BCUT2D eigenvalue weighted by molar-refractivity contribution is 6.87. The summed E-state index contributed by atoms with van der Waals surface area (Å²) in [6.45, 7) is 12.5. The monoisotopic (exact) mass is 342 g/mol. The summed E-state index contributed by atoms with van der Waals surface area (Å²) in [4.78, 5) is 0. The minimum atomic E-state index is -2.55. The van der Waals surface area contributed by atoms with Crippen LogP contribution in [0, 0.1) is 0 Å². The molecule has 7 heteroatoms. The van der Waals surface area contributed by atoms with Gasteiger partial charge in [0.05, 0.1) is 11.0 Å². The lowest BCUT2D eigenvalue weighted by Gasteiger charge is -2.37. The molecule has 112 valence electrons. The number of allylic oxidation sites excluding steroid dienone is 2. The molecule has 2 unspecified atom stereocenters. The minimum Gasteiger partial charge on any atom is -0.413 e. The summed E-state index contributed by atoms with van der Waals surface area (Å²) in [7, 11) is -5.10. The molecule has 0 N–H and O–H groups in total. The molecule has 0 fully saturated rings. The summed E-state index contributed by atoms with van der Waals surface area (Å²) in [6.07, 6.45) is 3.58. The van der Waals surface area contributed by atoms with Crippen LogP contribution in [0.25, 0.3) is 0 Å². The van der Waals surface area contributed by atoms with Crippen molar-refractivity contribution < 1.29 is 13.0 Å². The molecule has 0 bridgehead atoms. The Labute approximate surface area is 129 Å². The Morgan fingerprint density at radius 3 is 1.47 bits per heavy atom. The summed E-state index contributed by atoms with van der Waals surface area (Å²) in [6, 6.07) is 1.25. The topological polar surface area (TPSA) is 27.7 Å². The van der Waals surface area contributed by atoms with Gasteiger partial charge in [0.2, 0.25) is 0 Å². The molecule has 19 heavy (non-hydrogen) atoms. The maximum Gasteiger partial charge on any atom is 0.348 e. The second-order valence-corrected chi connectivity index (χ2v) is 12.0. The van der Waals surface area contributed by atoms with E-state index in [1.165, 1.54) is 0 Å². The van der Waals surface area contributed by atoms with Crippen molar-refractivity contribution in [3.05, 3.63) is 25.3 Å². The zero-order valence-electron chi connectivity index (χ0n) is 11.8. The Kier molecular flexibility index (Phi) is 10.4. The van der Waals surface area contributed by atoms with Crippen LogP contribution in [-0.4, -0.2) is 41.3 Å². The summed E-state index contributed by atoms with van der Waals surface area (Å²) in [5.41, 5.74) is 0.672. The molecule has 3 nitrogen and oxygen atoms in total. The highest BCUT2D eigenvalue weighted by Gasteiger charge is 2.47. The third-order valence-electron chi connectivity index (χ3n) is 2.50. The van der Waals surface area contributed by atoms with E-state index in [2.05, 4.69) is 13.2 Å². The van der Waals surface area contributed by atoms with E-state index in [1.54, 1.807) is 12.2 Å². The molecule has 0 radical (unpaired) electrons. The van der Waals surface area contributed by atoms with Crippen LogP contribution in [0.5, 0.6) is 0 Å². The van der Waals surface area contributed by atoms with Gasteiger partial charge in [0.1, 0.15) is 0 Å². The standard InChI is InChI=1S/C12H24Cl2O3Si2/c1-5-9-18(11-13,15-7-3)17-19(12-14,10-6-2)16-8-4/h5-6H,1-2,7-12H2,3-4H3. The van der Waals surface area contributed by atoms with E-state index in [9.17, 15) is 0 Å². The fraction of sp³-hybridized carbons (Fsp3) is 0.667. The lowest BCUT2D eigenvalue weighted by Crippen LogP contribution is -2.58. The van der Waals surface area contributed by atoms with E-state index in [0.717, 1.165) is 0 Å². The van der Waals surface area contributed by atoms with Crippen LogP contribution in [0.15, 0.2) is 25.3 Å². The van der Waals surface area contributed by atoms with Crippen molar-refractivity contribution in [1.29, 1.82) is 0 Å². The smallest absolute Gasteiger partial charge is 0.348 e. The first-order valence-corrected chi connectivity index (χ1v) is 11.9. The van der Waals surface area contributed by atoms with E-state index in [1.807, 2.05) is 13.8 Å². The molecule has 0 spiro atoms. The van der Waals surface area contributed by atoms with Gasteiger partial charge in [-0.3, -0.25) is 0 Å². The lowest BCUT2D eigenvalue weighted by molar-refractivity contribution is 0.201. The van der Waals surface area contributed by atoms with Crippen molar-refractivity contribution in [2.45, 2.75) is 25.9 Å². The van der Waals surface area contributed by atoms with Crippen molar-refractivity contribution >= 4 is 40.3 Å². The number of hydrogen-bond donors (Lipinski definition) is 0. The fourth-order valence-electron chi connectivity index (χ4n) is 1.81. The quantitative estimate of drug-likeness (QED) is 0.306. The Balaban J connectivity index is 5.19. The van der Waals surface area contributed by atoms with Crippen LogP contribution < -0.4 is 0 Å². The number of halogens is 2. The first kappa shape index (κ1) is 19.4. The predicted octanol–water partition coefficient (Wildman–Crippen LogP) is 3.89. The van der Waals surface area contributed by atoms with Gasteiger partial charge in [0.15, 0.2) is 0 Å². The van der Waals surface area contributed by atoms with Crippen molar-refractivity contribution in [3.8, 4) is 0 Å². The highest BCUT2D eigenvalue weighted by atomic mass is 35.5. The molecule has 0 rings (SSSR count). The van der Waals surface area contributed by atoms with Crippen LogP contribution in [0.1, 0.15) is 13.8 Å². The van der Waals surface area contributed by atoms with E-state index >= 15 is 0 Å². The third kappa shape index (κ3) is 6.12. The molecule has 0 saturated heterocycles. The highest BCUT2D eigenvalue weighted by Crippen LogP contribution is 2.26. The molecule has 0 saturated carbocycles. The van der Waals surface area contributed by atoms with Gasteiger partial charge in [-0.25, -0.2) is 0 Å². The molecule has 0 aromatic rings. The van der Waals surface area contributed by atoms with E-state index in [0.29, 0.717) is 36.3 Å². The minimum absolute atomic E-state index is 0.336. The number of hydrogen-bond acceptors (Lipinski definition) is 3. The van der Waals surface area contributed by atoms with Crippen molar-refractivity contribution in [1.82, 2.24) is 0 Å². The van der Waals surface area contributed by atoms with Crippen molar-refractivity contribution in [2.75, 3.05) is 24.2 Å². The van der Waals surface area contributed by atoms with E-state index in [4.69, 9.17) is 36.2 Å². The van der Waals surface area contributed by atoms with Crippen LogP contribution in [0.3, 0.4) is 0 Å². The van der Waals surface area contributed by atoms with Crippen LogP contribution >= 0.6 is 23.2 Å². The molecule has 0 amide bonds. The van der Waals surface area contributed by atoms with Crippen molar-refractivity contribution in [3.63, 3.8) is 0 Å². The molecule has 0 heterocycles. The van der Waals surface area contributed by atoms with Gasteiger partial charge in [-0.2, -0.15) is 0 Å². The van der Waals surface area contributed by atoms with Crippen molar-refractivity contribution in [2.24, 2.45) is 0 Å². The predicted molar refractivity (Wildman–Crippen MR) is 87.3 cm³/mol. The average molecular weight is 343 g/mol. The van der Waals surface area contributed by atoms with Crippen LogP contribution in [0.4, 0.5) is 0 Å². The third-order valence-corrected chi connectivity index (χ3v) is 12.2. The summed E-state index contributed by atoms with van der Waals surface area (Å²) < 4.78 is 18.0. The van der Waals surface area contributed by atoms with Crippen LogP contribution in [-0.2, 0) is 13.0 Å². The number of alkyl halides is 2. The summed E-state index contributed by atoms with van der Waals surface area (Å²) in [5, 5.41) is 0. The molecule has 0 aliphatic rings. The second kappa shape index (κ2) is 10.2. The Bertz CT molecular complexity index is 256. The van der Waals surface area contributed by atoms with Gasteiger partial charge in [-0.05, 0) is 13.8 Å². The molecule has 0 aromatic heterocycles.